The molecule has 1 aliphatic heterocycles. The van der Waals surface area contributed by atoms with Crippen LogP contribution in [0.3, 0.4) is 0 Å². The summed E-state index contributed by atoms with van der Waals surface area (Å²) in [5.41, 5.74) is 0.686. The van der Waals surface area contributed by atoms with Crippen molar-refractivity contribution in [2.75, 3.05) is 13.1 Å². The van der Waals surface area contributed by atoms with Crippen molar-refractivity contribution in [1.82, 2.24) is 4.90 Å². The first-order chi connectivity index (χ1) is 10.6. The highest BCUT2D eigenvalue weighted by molar-refractivity contribution is 9.10. The molecule has 2 rings (SSSR count). The number of carbonyl (C=O) groups is 2. The lowest BCUT2D eigenvalue weighted by Gasteiger charge is -2.29. The molecule has 0 N–H and O–H groups in total. The van der Waals surface area contributed by atoms with E-state index < -0.39 is 0 Å². The molecule has 1 aromatic rings. The molecular formula is C17H19BrN2O2. The van der Waals surface area contributed by atoms with E-state index in [1.54, 1.807) is 12.1 Å². The Labute approximate surface area is 139 Å². The van der Waals surface area contributed by atoms with Crippen LogP contribution in [0.15, 0.2) is 28.7 Å². The summed E-state index contributed by atoms with van der Waals surface area (Å²) in [6.07, 6.45) is 2.90. The van der Waals surface area contributed by atoms with E-state index in [0.29, 0.717) is 37.9 Å². The van der Waals surface area contributed by atoms with E-state index in [-0.39, 0.29) is 17.6 Å². The number of halogens is 1. The van der Waals surface area contributed by atoms with Crippen LogP contribution in [0.4, 0.5) is 0 Å². The summed E-state index contributed by atoms with van der Waals surface area (Å²) in [6.45, 7) is 1.33. The minimum atomic E-state index is 0.0727. The van der Waals surface area contributed by atoms with Crippen LogP contribution in [-0.4, -0.2) is 29.7 Å². The average Bonchev–Trinajstić information content (AvgIpc) is 2.55. The molecule has 1 heterocycles. The standard InChI is InChI=1S/C17H19BrN2O2/c18-15-6-4-14(5-7-15)16(21)2-1-3-17(22)20-10-8-13(12-19)9-11-20/h4-7,13H,1-3,8-11H2. The van der Waals surface area contributed by atoms with Crippen molar-refractivity contribution in [2.45, 2.75) is 32.1 Å². The summed E-state index contributed by atoms with van der Waals surface area (Å²) in [5, 5.41) is 8.85. The van der Waals surface area contributed by atoms with E-state index in [1.807, 2.05) is 17.0 Å². The topological polar surface area (TPSA) is 61.2 Å². The molecule has 1 fully saturated rings. The van der Waals surface area contributed by atoms with Crippen LogP contribution in [0, 0.1) is 17.2 Å². The Morgan fingerprint density at radius 3 is 2.41 bits per heavy atom. The molecule has 1 aliphatic rings. The molecule has 5 heteroatoms. The predicted octanol–water partition coefficient (Wildman–Crippen LogP) is 3.56. The van der Waals surface area contributed by atoms with Gasteiger partial charge in [-0.1, -0.05) is 28.1 Å². The Morgan fingerprint density at radius 2 is 1.82 bits per heavy atom. The number of hydrogen-bond acceptors (Lipinski definition) is 3. The molecule has 1 saturated heterocycles. The Bertz CT molecular complexity index is 569. The minimum absolute atomic E-state index is 0.0727. The number of nitriles is 1. The van der Waals surface area contributed by atoms with E-state index in [1.165, 1.54) is 0 Å². The molecule has 0 spiro atoms. The second-order valence-corrected chi connectivity index (χ2v) is 6.48. The lowest BCUT2D eigenvalue weighted by molar-refractivity contribution is -0.132. The van der Waals surface area contributed by atoms with Gasteiger partial charge in [-0.2, -0.15) is 5.26 Å². The maximum atomic E-state index is 12.1. The number of carbonyl (C=O) groups excluding carboxylic acids is 2. The number of likely N-dealkylation sites (tertiary alicyclic amines) is 1. The molecule has 4 nitrogen and oxygen atoms in total. The van der Waals surface area contributed by atoms with Crippen molar-refractivity contribution in [3.8, 4) is 6.07 Å². The number of hydrogen-bond donors (Lipinski definition) is 0. The third-order valence-corrected chi connectivity index (χ3v) is 4.52. The number of piperidine rings is 1. The summed E-state index contributed by atoms with van der Waals surface area (Å²) >= 11 is 3.34. The van der Waals surface area contributed by atoms with Gasteiger partial charge in [0.1, 0.15) is 0 Å². The second-order valence-electron chi connectivity index (χ2n) is 5.57. The number of rotatable bonds is 5. The minimum Gasteiger partial charge on any atom is -0.343 e. The van der Waals surface area contributed by atoms with Gasteiger partial charge in [0.25, 0.3) is 0 Å². The van der Waals surface area contributed by atoms with Crippen molar-refractivity contribution in [2.24, 2.45) is 5.92 Å². The Kier molecular flexibility index (Phi) is 6.14. The van der Waals surface area contributed by atoms with Gasteiger partial charge in [0, 0.05) is 41.9 Å². The van der Waals surface area contributed by atoms with Crippen LogP contribution in [0.2, 0.25) is 0 Å². The van der Waals surface area contributed by atoms with Gasteiger partial charge in [0.2, 0.25) is 5.91 Å². The zero-order valence-electron chi connectivity index (χ0n) is 12.4. The van der Waals surface area contributed by atoms with Crippen molar-refractivity contribution in [1.29, 1.82) is 5.26 Å². The van der Waals surface area contributed by atoms with Gasteiger partial charge in [0.05, 0.1) is 6.07 Å². The molecule has 0 bridgehead atoms. The second kappa shape index (κ2) is 8.09. The fourth-order valence-corrected chi connectivity index (χ4v) is 2.86. The van der Waals surface area contributed by atoms with Gasteiger partial charge >= 0.3 is 0 Å². The third-order valence-electron chi connectivity index (χ3n) is 3.99. The molecule has 1 aromatic carbocycles. The lowest BCUT2D eigenvalue weighted by atomic mass is 9.98. The molecule has 0 saturated carbocycles. The summed E-state index contributed by atoms with van der Waals surface area (Å²) in [7, 11) is 0. The van der Waals surface area contributed by atoms with E-state index >= 15 is 0 Å². The van der Waals surface area contributed by atoms with E-state index in [2.05, 4.69) is 22.0 Å². The number of nitrogens with zero attached hydrogens (tertiary/aromatic N) is 2. The summed E-state index contributed by atoms with van der Waals surface area (Å²) in [6, 6.07) is 9.53. The van der Waals surface area contributed by atoms with Gasteiger partial charge in [0.15, 0.2) is 5.78 Å². The Balaban J connectivity index is 1.72. The molecule has 0 atom stereocenters. The first-order valence-electron chi connectivity index (χ1n) is 7.56. The fourth-order valence-electron chi connectivity index (χ4n) is 2.60. The summed E-state index contributed by atoms with van der Waals surface area (Å²) < 4.78 is 0.944. The quantitative estimate of drug-likeness (QED) is 0.752. The number of amides is 1. The summed E-state index contributed by atoms with van der Waals surface area (Å²) in [5.74, 6) is 0.256. The normalized spacial score (nSPS) is 15.4. The average molecular weight is 363 g/mol. The predicted molar refractivity (Wildman–Crippen MR) is 87.2 cm³/mol. The Hall–Kier alpha value is -1.67. The SMILES string of the molecule is N#CC1CCN(C(=O)CCCC(=O)c2ccc(Br)cc2)CC1. The molecule has 0 radical (unpaired) electrons. The highest BCUT2D eigenvalue weighted by atomic mass is 79.9. The number of Topliss-reactive ketones (excluding diaryl/α,β-unsaturated/α-hetero) is 1. The zero-order chi connectivity index (χ0) is 15.9. The molecule has 1 amide bonds. The molecule has 116 valence electrons. The van der Waals surface area contributed by atoms with Crippen molar-refractivity contribution < 1.29 is 9.59 Å². The van der Waals surface area contributed by atoms with Crippen LogP contribution >= 0.6 is 15.9 Å². The molecule has 0 aliphatic carbocycles. The van der Waals surface area contributed by atoms with Gasteiger partial charge < -0.3 is 4.90 Å². The fraction of sp³-hybridized carbons (Fsp3) is 0.471. The molecule has 0 unspecified atom stereocenters. The third kappa shape index (κ3) is 4.67. The largest absolute Gasteiger partial charge is 0.343 e. The first kappa shape index (κ1) is 16.7. The lowest BCUT2D eigenvalue weighted by Crippen LogP contribution is -2.38. The molecule has 0 aromatic heterocycles. The monoisotopic (exact) mass is 362 g/mol. The van der Waals surface area contributed by atoms with E-state index in [0.717, 1.165) is 17.3 Å². The van der Waals surface area contributed by atoms with E-state index in [4.69, 9.17) is 5.26 Å². The first-order valence-corrected chi connectivity index (χ1v) is 8.35. The van der Waals surface area contributed by atoms with Crippen molar-refractivity contribution in [3.63, 3.8) is 0 Å². The zero-order valence-corrected chi connectivity index (χ0v) is 14.0. The van der Waals surface area contributed by atoms with Gasteiger partial charge in [-0.25, -0.2) is 0 Å². The maximum absolute atomic E-state index is 12.1. The number of ketones is 1. The molecular weight excluding hydrogens is 344 g/mol. The smallest absolute Gasteiger partial charge is 0.222 e. The van der Waals surface area contributed by atoms with Crippen LogP contribution in [0.5, 0.6) is 0 Å². The van der Waals surface area contributed by atoms with Crippen LogP contribution in [0.1, 0.15) is 42.5 Å². The number of benzene rings is 1. The van der Waals surface area contributed by atoms with Crippen LogP contribution < -0.4 is 0 Å². The van der Waals surface area contributed by atoms with Gasteiger partial charge in [-0.15, -0.1) is 0 Å². The highest BCUT2D eigenvalue weighted by Crippen LogP contribution is 2.18. The van der Waals surface area contributed by atoms with Crippen molar-refractivity contribution in [3.05, 3.63) is 34.3 Å². The van der Waals surface area contributed by atoms with Crippen molar-refractivity contribution >= 4 is 27.6 Å². The van der Waals surface area contributed by atoms with Gasteiger partial charge in [-0.05, 0) is 31.4 Å². The summed E-state index contributed by atoms with van der Waals surface area (Å²) in [4.78, 5) is 25.9. The highest BCUT2D eigenvalue weighted by Gasteiger charge is 2.22. The van der Waals surface area contributed by atoms with Crippen LogP contribution in [0.25, 0.3) is 0 Å². The van der Waals surface area contributed by atoms with Crippen LogP contribution in [-0.2, 0) is 4.79 Å². The van der Waals surface area contributed by atoms with Gasteiger partial charge in [-0.3, -0.25) is 9.59 Å². The Morgan fingerprint density at radius 1 is 1.18 bits per heavy atom. The van der Waals surface area contributed by atoms with E-state index in [9.17, 15) is 9.59 Å². The maximum Gasteiger partial charge on any atom is 0.222 e. The molecule has 22 heavy (non-hydrogen) atoms.